The van der Waals surface area contributed by atoms with Gasteiger partial charge >= 0.3 is 0 Å². The summed E-state index contributed by atoms with van der Waals surface area (Å²) < 4.78 is 0. The largest absolute Gasteiger partial charge is 0.356 e. The molecule has 2 aliphatic heterocycles. The van der Waals surface area contributed by atoms with Gasteiger partial charge in [-0.1, -0.05) is 6.07 Å². The van der Waals surface area contributed by atoms with Gasteiger partial charge in [-0.25, -0.2) is 9.97 Å². The smallest absolute Gasteiger partial charge is 0.270 e. The summed E-state index contributed by atoms with van der Waals surface area (Å²) in [6.07, 6.45) is 7.74. The van der Waals surface area contributed by atoms with Crippen LogP contribution in [0.1, 0.15) is 36.2 Å². The number of hydrogen-bond donors (Lipinski definition) is 1. The topological polar surface area (TPSA) is 74.2 Å². The molecule has 2 aromatic rings. The van der Waals surface area contributed by atoms with Gasteiger partial charge in [0.25, 0.3) is 5.91 Å². The number of carbonyl (C=O) groups excluding carboxylic acids is 1. The lowest BCUT2D eigenvalue weighted by Gasteiger charge is -2.34. The zero-order chi connectivity index (χ0) is 17.8. The molecule has 0 unspecified atom stereocenters. The molecular weight excluding hydrogens is 328 g/mol. The van der Waals surface area contributed by atoms with Crippen LogP contribution in [0.2, 0.25) is 0 Å². The normalized spacial score (nSPS) is 20.2. The molecule has 4 heterocycles. The number of nitrogens with zero attached hydrogens (tertiary/aromatic N) is 5. The molecule has 2 aromatic heterocycles. The van der Waals surface area contributed by atoms with Crippen molar-refractivity contribution in [2.75, 3.05) is 36.0 Å². The van der Waals surface area contributed by atoms with Gasteiger partial charge in [0.2, 0.25) is 0 Å². The van der Waals surface area contributed by atoms with E-state index in [4.69, 9.17) is 0 Å². The van der Waals surface area contributed by atoms with Crippen LogP contribution in [0.15, 0.2) is 36.8 Å². The molecule has 2 fully saturated rings. The van der Waals surface area contributed by atoms with Crippen molar-refractivity contribution in [3.63, 3.8) is 0 Å². The fraction of sp³-hybridized carbons (Fsp3) is 0.474. The molecule has 0 aliphatic carbocycles. The predicted octanol–water partition coefficient (Wildman–Crippen LogP) is 1.87. The lowest BCUT2D eigenvalue weighted by molar-refractivity contribution is 0.0928. The van der Waals surface area contributed by atoms with Crippen molar-refractivity contribution in [1.82, 2.24) is 20.3 Å². The molecule has 1 N–H and O–H groups in total. The van der Waals surface area contributed by atoms with E-state index in [1.807, 2.05) is 12.1 Å². The Hall–Kier alpha value is -2.70. The molecule has 4 rings (SSSR count). The minimum Gasteiger partial charge on any atom is -0.356 e. The summed E-state index contributed by atoms with van der Waals surface area (Å²) in [6.45, 7) is 3.85. The van der Waals surface area contributed by atoms with Crippen LogP contribution in [-0.4, -0.2) is 53.1 Å². The first-order valence-corrected chi connectivity index (χ1v) is 9.33. The standard InChI is InChI=1S/C19H24N6O/c26-19(16-7-1-2-8-20-16)23-15-6-5-11-25(13-15)18-12-17(21-14-22-18)24-9-3-4-10-24/h1-2,7-8,12,14-15H,3-6,9-11,13H2,(H,23,26)/t15-/m0/s1. The first-order chi connectivity index (χ1) is 12.8. The number of piperidine rings is 1. The monoisotopic (exact) mass is 352 g/mol. The third kappa shape index (κ3) is 3.76. The van der Waals surface area contributed by atoms with Crippen molar-refractivity contribution in [3.8, 4) is 0 Å². The van der Waals surface area contributed by atoms with Crippen LogP contribution in [0, 0.1) is 0 Å². The third-order valence-electron chi connectivity index (χ3n) is 5.05. The Morgan fingerprint density at radius 3 is 2.54 bits per heavy atom. The van der Waals surface area contributed by atoms with Crippen LogP contribution in [-0.2, 0) is 0 Å². The average molecular weight is 352 g/mol. The van der Waals surface area contributed by atoms with E-state index in [0.717, 1.165) is 50.7 Å². The number of amides is 1. The second-order valence-corrected chi connectivity index (χ2v) is 6.90. The number of rotatable bonds is 4. The maximum Gasteiger partial charge on any atom is 0.270 e. The van der Waals surface area contributed by atoms with Crippen molar-refractivity contribution in [1.29, 1.82) is 0 Å². The van der Waals surface area contributed by atoms with Crippen LogP contribution >= 0.6 is 0 Å². The minimum absolute atomic E-state index is 0.100. The quantitative estimate of drug-likeness (QED) is 0.905. The number of carbonyl (C=O) groups is 1. The van der Waals surface area contributed by atoms with Gasteiger partial charge in [0.15, 0.2) is 0 Å². The molecule has 2 saturated heterocycles. The Morgan fingerprint density at radius 2 is 1.77 bits per heavy atom. The van der Waals surface area contributed by atoms with E-state index in [-0.39, 0.29) is 11.9 Å². The van der Waals surface area contributed by atoms with Gasteiger partial charge in [-0.3, -0.25) is 9.78 Å². The summed E-state index contributed by atoms with van der Waals surface area (Å²) in [5.41, 5.74) is 0.461. The maximum absolute atomic E-state index is 12.4. The third-order valence-corrected chi connectivity index (χ3v) is 5.05. The van der Waals surface area contributed by atoms with Crippen molar-refractivity contribution in [2.45, 2.75) is 31.7 Å². The molecule has 26 heavy (non-hydrogen) atoms. The first-order valence-electron chi connectivity index (χ1n) is 9.33. The summed E-state index contributed by atoms with van der Waals surface area (Å²) in [6, 6.07) is 7.56. The molecule has 2 aliphatic rings. The van der Waals surface area contributed by atoms with Gasteiger partial charge in [-0.05, 0) is 37.8 Å². The Balaban J connectivity index is 1.42. The lowest BCUT2D eigenvalue weighted by atomic mass is 10.1. The number of hydrogen-bond acceptors (Lipinski definition) is 6. The highest BCUT2D eigenvalue weighted by molar-refractivity contribution is 5.92. The van der Waals surface area contributed by atoms with E-state index in [0.29, 0.717) is 5.69 Å². The number of pyridine rings is 1. The SMILES string of the molecule is O=C(N[C@H]1CCCN(c2cc(N3CCCC3)ncn2)C1)c1ccccn1. The Labute approximate surface area is 153 Å². The van der Waals surface area contributed by atoms with Crippen molar-refractivity contribution in [2.24, 2.45) is 0 Å². The van der Waals surface area contributed by atoms with E-state index >= 15 is 0 Å². The molecule has 0 bridgehead atoms. The zero-order valence-corrected chi connectivity index (χ0v) is 14.8. The maximum atomic E-state index is 12.4. The fourth-order valence-corrected chi connectivity index (χ4v) is 3.69. The van der Waals surface area contributed by atoms with Crippen molar-refractivity contribution in [3.05, 3.63) is 42.5 Å². The molecule has 7 heteroatoms. The van der Waals surface area contributed by atoms with Gasteiger partial charge in [-0.15, -0.1) is 0 Å². The van der Waals surface area contributed by atoms with Crippen LogP contribution in [0.5, 0.6) is 0 Å². The Morgan fingerprint density at radius 1 is 1.00 bits per heavy atom. The molecule has 7 nitrogen and oxygen atoms in total. The van der Waals surface area contributed by atoms with Crippen molar-refractivity contribution >= 4 is 17.5 Å². The fourth-order valence-electron chi connectivity index (χ4n) is 3.69. The second kappa shape index (κ2) is 7.68. The highest BCUT2D eigenvalue weighted by Crippen LogP contribution is 2.23. The van der Waals surface area contributed by atoms with E-state index in [1.165, 1.54) is 12.8 Å². The molecule has 1 atom stereocenters. The molecule has 0 radical (unpaired) electrons. The molecule has 1 amide bonds. The summed E-state index contributed by atoms with van der Waals surface area (Å²) >= 11 is 0. The summed E-state index contributed by atoms with van der Waals surface area (Å²) in [5, 5.41) is 3.11. The molecule has 0 saturated carbocycles. The molecule has 136 valence electrons. The van der Waals surface area contributed by atoms with E-state index < -0.39 is 0 Å². The predicted molar refractivity (Wildman–Crippen MR) is 100 cm³/mol. The Kier molecular flexibility index (Phi) is 4.95. The van der Waals surface area contributed by atoms with E-state index in [1.54, 1.807) is 18.6 Å². The minimum atomic E-state index is -0.113. The molecule has 0 spiro atoms. The van der Waals surface area contributed by atoms with Gasteiger partial charge < -0.3 is 15.1 Å². The van der Waals surface area contributed by atoms with Crippen LogP contribution < -0.4 is 15.1 Å². The number of anilines is 2. The first kappa shape index (κ1) is 16.8. The van der Waals surface area contributed by atoms with Crippen LogP contribution in [0.3, 0.4) is 0 Å². The van der Waals surface area contributed by atoms with E-state index in [2.05, 4.69) is 36.1 Å². The summed E-state index contributed by atoms with van der Waals surface area (Å²) in [5.74, 6) is 1.84. The summed E-state index contributed by atoms with van der Waals surface area (Å²) in [4.78, 5) is 29.9. The van der Waals surface area contributed by atoms with Gasteiger partial charge in [0.05, 0.1) is 0 Å². The highest BCUT2D eigenvalue weighted by Gasteiger charge is 2.24. The molecule has 0 aromatic carbocycles. The van der Waals surface area contributed by atoms with Crippen molar-refractivity contribution < 1.29 is 4.79 Å². The van der Waals surface area contributed by atoms with Gasteiger partial charge in [0, 0.05) is 44.5 Å². The van der Waals surface area contributed by atoms with Crippen LogP contribution in [0.4, 0.5) is 11.6 Å². The second-order valence-electron chi connectivity index (χ2n) is 6.90. The van der Waals surface area contributed by atoms with Gasteiger partial charge in [-0.2, -0.15) is 0 Å². The molecular formula is C19H24N6O. The summed E-state index contributed by atoms with van der Waals surface area (Å²) in [7, 11) is 0. The lowest BCUT2D eigenvalue weighted by Crippen LogP contribution is -2.48. The van der Waals surface area contributed by atoms with Crippen LogP contribution in [0.25, 0.3) is 0 Å². The van der Waals surface area contributed by atoms with E-state index in [9.17, 15) is 4.79 Å². The Bertz CT molecular complexity index is 747. The highest BCUT2D eigenvalue weighted by atomic mass is 16.1. The zero-order valence-electron chi connectivity index (χ0n) is 14.8. The van der Waals surface area contributed by atoms with Gasteiger partial charge in [0.1, 0.15) is 23.7 Å². The number of aromatic nitrogens is 3. The number of nitrogens with one attached hydrogen (secondary N) is 1. The average Bonchev–Trinajstić information content (AvgIpc) is 3.24.